The summed E-state index contributed by atoms with van der Waals surface area (Å²) < 4.78 is 5.37. The Labute approximate surface area is 146 Å². The number of nitrogens with one attached hydrogen (secondary N) is 2. The summed E-state index contributed by atoms with van der Waals surface area (Å²) >= 11 is 0. The molecule has 0 saturated carbocycles. The van der Waals surface area contributed by atoms with E-state index < -0.39 is 0 Å². The Morgan fingerprint density at radius 2 is 2.00 bits per heavy atom. The fourth-order valence-electron chi connectivity index (χ4n) is 3.04. The summed E-state index contributed by atoms with van der Waals surface area (Å²) in [6, 6.07) is 0.568. The van der Waals surface area contributed by atoms with Crippen LogP contribution in [-0.2, 0) is 9.53 Å². The summed E-state index contributed by atoms with van der Waals surface area (Å²) in [4.78, 5) is 14.4. The van der Waals surface area contributed by atoms with Crippen LogP contribution in [0.1, 0.15) is 33.1 Å². The smallest absolute Gasteiger partial charge is 0.220 e. The van der Waals surface area contributed by atoms with Crippen molar-refractivity contribution in [1.29, 1.82) is 0 Å². The van der Waals surface area contributed by atoms with Crippen LogP contribution in [0.4, 0.5) is 0 Å². The molecule has 132 valence electrons. The zero-order valence-corrected chi connectivity index (χ0v) is 15.3. The van der Waals surface area contributed by atoms with Gasteiger partial charge < -0.3 is 15.4 Å². The molecule has 0 radical (unpaired) electrons. The number of carbonyl (C=O) groups excluding carboxylic acids is 1. The number of amides is 1. The maximum absolute atomic E-state index is 12.0. The Bertz CT molecular complexity index is 309. The Morgan fingerprint density at radius 1 is 1.32 bits per heavy atom. The quantitative estimate of drug-likeness (QED) is 0.756. The number of morpholine rings is 1. The second-order valence-corrected chi connectivity index (χ2v) is 6.14. The number of nitrogens with zero attached hydrogens (tertiary/aromatic N) is 1. The number of hydrogen-bond donors (Lipinski definition) is 2. The van der Waals surface area contributed by atoms with Crippen LogP contribution in [0, 0.1) is 5.92 Å². The van der Waals surface area contributed by atoms with Crippen LogP contribution < -0.4 is 10.6 Å². The second kappa shape index (κ2) is 11.5. The summed E-state index contributed by atoms with van der Waals surface area (Å²) in [7, 11) is 0. The lowest BCUT2D eigenvalue weighted by Crippen LogP contribution is -2.52. The van der Waals surface area contributed by atoms with E-state index in [-0.39, 0.29) is 36.8 Å². The average molecular weight is 356 g/mol. The molecule has 2 rings (SSSR count). The van der Waals surface area contributed by atoms with Crippen LogP contribution in [0.15, 0.2) is 0 Å². The van der Waals surface area contributed by atoms with E-state index in [0.717, 1.165) is 45.8 Å². The highest BCUT2D eigenvalue weighted by atomic mass is 35.5. The Balaban J connectivity index is 0.00000220. The monoisotopic (exact) mass is 355 g/mol. The van der Waals surface area contributed by atoms with E-state index in [1.54, 1.807) is 0 Å². The fourth-order valence-corrected chi connectivity index (χ4v) is 3.04. The van der Waals surface area contributed by atoms with Gasteiger partial charge in [0, 0.05) is 31.6 Å². The first-order valence-corrected chi connectivity index (χ1v) is 7.98. The maximum atomic E-state index is 12.0. The number of carbonyl (C=O) groups is 1. The standard InChI is InChI=1S/C15H29N3O2.2ClH/c1-12(13(2)18-7-9-20-10-8-18)17-15(19)4-3-14-5-6-16-11-14;;/h12-14,16H,3-11H2,1-2H3,(H,17,19);2*1H. The number of rotatable bonds is 6. The van der Waals surface area contributed by atoms with Gasteiger partial charge >= 0.3 is 0 Å². The molecule has 7 heteroatoms. The Morgan fingerprint density at radius 3 is 2.59 bits per heavy atom. The third-order valence-corrected chi connectivity index (χ3v) is 4.68. The van der Waals surface area contributed by atoms with Gasteiger partial charge in [0.15, 0.2) is 0 Å². The predicted molar refractivity (Wildman–Crippen MR) is 94.2 cm³/mol. The number of halogens is 2. The van der Waals surface area contributed by atoms with Crippen molar-refractivity contribution >= 4 is 30.7 Å². The third kappa shape index (κ3) is 7.01. The normalized spacial score (nSPS) is 24.7. The summed E-state index contributed by atoms with van der Waals surface area (Å²) in [5, 5.41) is 6.51. The molecule has 0 bridgehead atoms. The zero-order valence-electron chi connectivity index (χ0n) is 13.7. The molecular weight excluding hydrogens is 325 g/mol. The van der Waals surface area contributed by atoms with Crippen LogP contribution >= 0.6 is 24.8 Å². The van der Waals surface area contributed by atoms with Crippen molar-refractivity contribution in [1.82, 2.24) is 15.5 Å². The molecular formula is C15H31Cl2N3O2. The molecule has 2 aliphatic rings. The van der Waals surface area contributed by atoms with Crippen molar-refractivity contribution in [2.45, 2.75) is 45.2 Å². The minimum atomic E-state index is 0. The van der Waals surface area contributed by atoms with Crippen LogP contribution in [0.2, 0.25) is 0 Å². The highest BCUT2D eigenvalue weighted by Crippen LogP contribution is 2.14. The van der Waals surface area contributed by atoms with Gasteiger partial charge in [-0.1, -0.05) is 0 Å². The van der Waals surface area contributed by atoms with Gasteiger partial charge in [0.25, 0.3) is 0 Å². The molecule has 2 saturated heterocycles. The van der Waals surface area contributed by atoms with E-state index in [2.05, 4.69) is 29.4 Å². The Hall–Kier alpha value is -0.0700. The lowest BCUT2D eigenvalue weighted by molar-refractivity contribution is -0.122. The van der Waals surface area contributed by atoms with Crippen LogP contribution in [0.5, 0.6) is 0 Å². The summed E-state index contributed by atoms with van der Waals surface area (Å²) in [5.41, 5.74) is 0. The molecule has 0 spiro atoms. The molecule has 0 aromatic heterocycles. The average Bonchev–Trinajstić information content (AvgIpc) is 2.98. The van der Waals surface area contributed by atoms with Gasteiger partial charge in [-0.25, -0.2) is 0 Å². The third-order valence-electron chi connectivity index (χ3n) is 4.68. The highest BCUT2D eigenvalue weighted by molar-refractivity contribution is 5.85. The summed E-state index contributed by atoms with van der Waals surface area (Å²) in [6.45, 7) is 10.0. The SMILES string of the molecule is CC(NC(=O)CCC1CCNC1)C(C)N1CCOCC1.Cl.Cl. The second-order valence-electron chi connectivity index (χ2n) is 6.14. The first-order chi connectivity index (χ1) is 9.66. The van der Waals surface area contributed by atoms with Crippen molar-refractivity contribution in [3.8, 4) is 0 Å². The first kappa shape index (κ1) is 21.9. The van der Waals surface area contributed by atoms with E-state index in [1.165, 1.54) is 6.42 Å². The van der Waals surface area contributed by atoms with E-state index in [4.69, 9.17) is 4.74 Å². The maximum Gasteiger partial charge on any atom is 0.220 e. The van der Waals surface area contributed by atoms with E-state index in [1.807, 2.05) is 0 Å². The van der Waals surface area contributed by atoms with Crippen molar-refractivity contribution in [2.24, 2.45) is 5.92 Å². The summed E-state index contributed by atoms with van der Waals surface area (Å²) in [5.74, 6) is 0.886. The fraction of sp³-hybridized carbons (Fsp3) is 0.933. The molecule has 0 aliphatic carbocycles. The van der Waals surface area contributed by atoms with Gasteiger partial charge in [-0.3, -0.25) is 9.69 Å². The molecule has 0 aromatic carbocycles. The molecule has 2 heterocycles. The molecule has 5 nitrogen and oxygen atoms in total. The van der Waals surface area contributed by atoms with Crippen molar-refractivity contribution in [2.75, 3.05) is 39.4 Å². The van der Waals surface area contributed by atoms with Crippen LogP contribution in [-0.4, -0.2) is 62.3 Å². The molecule has 3 atom stereocenters. The summed E-state index contributed by atoms with van der Waals surface area (Å²) in [6.07, 6.45) is 2.89. The highest BCUT2D eigenvalue weighted by Gasteiger charge is 2.23. The first-order valence-electron chi connectivity index (χ1n) is 7.98. The van der Waals surface area contributed by atoms with E-state index in [0.29, 0.717) is 18.4 Å². The molecule has 2 fully saturated rings. The van der Waals surface area contributed by atoms with E-state index in [9.17, 15) is 4.79 Å². The molecule has 2 N–H and O–H groups in total. The van der Waals surface area contributed by atoms with E-state index >= 15 is 0 Å². The molecule has 1 amide bonds. The predicted octanol–water partition coefficient (Wildman–Crippen LogP) is 1.45. The van der Waals surface area contributed by atoms with Crippen molar-refractivity contribution in [3.63, 3.8) is 0 Å². The minimum absolute atomic E-state index is 0. The van der Waals surface area contributed by atoms with Gasteiger partial charge in [0.2, 0.25) is 5.91 Å². The Kier molecular flexibility index (Phi) is 11.4. The van der Waals surface area contributed by atoms with Gasteiger partial charge in [0.05, 0.1) is 13.2 Å². The van der Waals surface area contributed by atoms with Crippen molar-refractivity contribution < 1.29 is 9.53 Å². The topological polar surface area (TPSA) is 53.6 Å². The molecule has 2 aliphatic heterocycles. The molecule has 22 heavy (non-hydrogen) atoms. The number of hydrogen-bond acceptors (Lipinski definition) is 4. The van der Waals surface area contributed by atoms with Crippen LogP contribution in [0.3, 0.4) is 0 Å². The number of ether oxygens (including phenoxy) is 1. The lowest BCUT2D eigenvalue weighted by atomic mass is 10.0. The van der Waals surface area contributed by atoms with Crippen LogP contribution in [0.25, 0.3) is 0 Å². The van der Waals surface area contributed by atoms with Gasteiger partial charge in [-0.05, 0) is 45.7 Å². The van der Waals surface area contributed by atoms with Gasteiger partial charge in [-0.2, -0.15) is 0 Å². The van der Waals surface area contributed by atoms with Crippen molar-refractivity contribution in [3.05, 3.63) is 0 Å². The molecule has 0 aromatic rings. The largest absolute Gasteiger partial charge is 0.379 e. The lowest BCUT2D eigenvalue weighted by Gasteiger charge is -2.35. The van der Waals surface area contributed by atoms with Gasteiger partial charge in [-0.15, -0.1) is 24.8 Å². The van der Waals surface area contributed by atoms with Gasteiger partial charge in [0.1, 0.15) is 0 Å². The zero-order chi connectivity index (χ0) is 14.4. The molecule has 3 unspecified atom stereocenters. The minimum Gasteiger partial charge on any atom is -0.379 e.